The van der Waals surface area contributed by atoms with E-state index in [2.05, 4.69) is 5.10 Å². The minimum atomic E-state index is -1.02. The number of hydrogen-bond donors (Lipinski definition) is 1. The lowest BCUT2D eigenvalue weighted by Crippen LogP contribution is -1.98. The Hall–Kier alpha value is -2.61. The predicted octanol–water partition coefficient (Wildman–Crippen LogP) is 1.75. The fourth-order valence-corrected chi connectivity index (χ4v) is 1.56. The summed E-state index contributed by atoms with van der Waals surface area (Å²) in [6.45, 7) is 1.62. The maximum atomic E-state index is 10.9. The summed E-state index contributed by atoms with van der Waals surface area (Å²) in [5.41, 5.74) is 1.58. The number of carboxylic acids is 1. The number of carbonyl (C=O) groups is 1. The van der Waals surface area contributed by atoms with E-state index < -0.39 is 5.97 Å². The van der Waals surface area contributed by atoms with Gasteiger partial charge in [0.05, 0.1) is 16.9 Å². The topological polar surface area (TPSA) is 78.9 Å². The molecule has 0 atom stereocenters. The summed E-state index contributed by atoms with van der Waals surface area (Å²) in [5, 5.41) is 22.0. The van der Waals surface area contributed by atoms with Crippen LogP contribution < -0.4 is 0 Å². The van der Waals surface area contributed by atoms with Crippen LogP contribution in [0.25, 0.3) is 5.69 Å². The molecule has 17 heavy (non-hydrogen) atoms. The molecular formula is C12H9N3O2. The minimum Gasteiger partial charge on any atom is -0.478 e. The summed E-state index contributed by atoms with van der Waals surface area (Å²) < 4.78 is 1.41. The van der Waals surface area contributed by atoms with Gasteiger partial charge in [-0.15, -0.1) is 0 Å². The maximum absolute atomic E-state index is 10.9. The molecule has 2 rings (SSSR count). The number of rotatable bonds is 2. The highest BCUT2D eigenvalue weighted by molar-refractivity contribution is 5.88. The van der Waals surface area contributed by atoms with Gasteiger partial charge in [-0.05, 0) is 19.1 Å². The molecule has 0 spiro atoms. The highest BCUT2D eigenvalue weighted by Crippen LogP contribution is 2.15. The van der Waals surface area contributed by atoms with Crippen molar-refractivity contribution < 1.29 is 9.90 Å². The van der Waals surface area contributed by atoms with Gasteiger partial charge < -0.3 is 5.11 Å². The summed E-state index contributed by atoms with van der Waals surface area (Å²) >= 11 is 0. The van der Waals surface area contributed by atoms with Gasteiger partial charge in [0.2, 0.25) is 0 Å². The van der Waals surface area contributed by atoms with E-state index in [9.17, 15) is 4.79 Å². The molecule has 84 valence electrons. The van der Waals surface area contributed by atoms with Crippen molar-refractivity contribution in [3.05, 3.63) is 47.3 Å². The van der Waals surface area contributed by atoms with Crippen LogP contribution in [0.1, 0.15) is 21.6 Å². The van der Waals surface area contributed by atoms with Crippen LogP contribution >= 0.6 is 0 Å². The molecule has 1 heterocycles. The van der Waals surface area contributed by atoms with Crippen LogP contribution in [0.3, 0.4) is 0 Å². The van der Waals surface area contributed by atoms with Gasteiger partial charge in [0.1, 0.15) is 11.6 Å². The smallest absolute Gasteiger partial charge is 0.339 e. The number of nitriles is 1. The van der Waals surface area contributed by atoms with Crippen molar-refractivity contribution in [3.8, 4) is 11.8 Å². The molecule has 5 nitrogen and oxygen atoms in total. The largest absolute Gasteiger partial charge is 0.478 e. The van der Waals surface area contributed by atoms with E-state index in [1.54, 1.807) is 31.2 Å². The Kier molecular flexibility index (Phi) is 2.63. The molecule has 0 amide bonds. The molecule has 1 aromatic carbocycles. The molecule has 0 radical (unpaired) electrons. The van der Waals surface area contributed by atoms with E-state index in [1.165, 1.54) is 10.9 Å². The van der Waals surface area contributed by atoms with Crippen LogP contribution in [0.2, 0.25) is 0 Å². The average molecular weight is 227 g/mol. The van der Waals surface area contributed by atoms with Crippen LogP contribution in [0.4, 0.5) is 0 Å². The lowest BCUT2D eigenvalue weighted by Gasteiger charge is -2.02. The highest BCUT2D eigenvalue weighted by atomic mass is 16.4. The van der Waals surface area contributed by atoms with Crippen molar-refractivity contribution in [2.45, 2.75) is 6.92 Å². The minimum absolute atomic E-state index is 0.137. The molecule has 0 aliphatic carbocycles. The number of para-hydroxylation sites is 1. The maximum Gasteiger partial charge on any atom is 0.339 e. The first-order chi connectivity index (χ1) is 8.13. The molecule has 0 unspecified atom stereocenters. The Bertz CT molecular complexity index is 623. The van der Waals surface area contributed by atoms with Crippen LogP contribution in [0, 0.1) is 18.3 Å². The van der Waals surface area contributed by atoms with E-state index in [0.717, 1.165) is 0 Å². The van der Waals surface area contributed by atoms with E-state index in [1.807, 2.05) is 6.07 Å². The molecule has 0 aliphatic heterocycles. The summed E-state index contributed by atoms with van der Waals surface area (Å²) in [5.74, 6) is -1.02. The summed E-state index contributed by atoms with van der Waals surface area (Å²) in [4.78, 5) is 10.9. The van der Waals surface area contributed by atoms with Gasteiger partial charge in [-0.1, -0.05) is 12.1 Å². The molecule has 0 aliphatic rings. The zero-order chi connectivity index (χ0) is 12.4. The number of aromatic nitrogens is 2. The first kappa shape index (κ1) is 10.9. The third kappa shape index (κ3) is 1.88. The molecule has 1 aromatic heterocycles. The van der Waals surface area contributed by atoms with Gasteiger partial charge in [-0.25, -0.2) is 9.48 Å². The standard InChI is InChI=1S/C12H9N3O2/c1-8-10(12(16)17)7-15(14-8)11-5-3-2-4-9(11)6-13/h2-5,7H,1H3,(H,16,17). The first-order valence-electron chi connectivity index (χ1n) is 4.92. The number of benzene rings is 1. The monoisotopic (exact) mass is 227 g/mol. The zero-order valence-electron chi connectivity index (χ0n) is 9.08. The Morgan fingerprint density at radius 2 is 2.18 bits per heavy atom. The quantitative estimate of drug-likeness (QED) is 0.847. The van der Waals surface area contributed by atoms with Crippen LogP contribution in [-0.2, 0) is 0 Å². The number of aryl methyl sites for hydroxylation is 1. The second-order valence-electron chi connectivity index (χ2n) is 3.51. The number of aromatic carboxylic acids is 1. The molecule has 0 fully saturated rings. The van der Waals surface area contributed by atoms with E-state index in [0.29, 0.717) is 16.9 Å². The lowest BCUT2D eigenvalue weighted by molar-refractivity contribution is 0.0696. The van der Waals surface area contributed by atoms with Gasteiger partial charge >= 0.3 is 5.97 Å². The van der Waals surface area contributed by atoms with Gasteiger partial charge in [0, 0.05) is 6.20 Å². The molecule has 0 saturated carbocycles. The Morgan fingerprint density at radius 3 is 2.76 bits per heavy atom. The van der Waals surface area contributed by atoms with Crippen molar-refractivity contribution in [2.75, 3.05) is 0 Å². The Morgan fingerprint density at radius 1 is 1.47 bits per heavy atom. The number of hydrogen-bond acceptors (Lipinski definition) is 3. The predicted molar refractivity (Wildman–Crippen MR) is 60.0 cm³/mol. The molecule has 0 saturated heterocycles. The Labute approximate surface area is 97.5 Å². The lowest BCUT2D eigenvalue weighted by atomic mass is 10.2. The molecular weight excluding hydrogens is 218 g/mol. The Balaban J connectivity index is 2.58. The fraction of sp³-hybridized carbons (Fsp3) is 0.0833. The van der Waals surface area contributed by atoms with Gasteiger partial charge in [-0.2, -0.15) is 10.4 Å². The highest BCUT2D eigenvalue weighted by Gasteiger charge is 2.13. The number of carboxylic acid groups (broad SMARTS) is 1. The van der Waals surface area contributed by atoms with Crippen molar-refractivity contribution >= 4 is 5.97 Å². The summed E-state index contributed by atoms with van der Waals surface area (Å²) in [6, 6.07) is 8.94. The van der Waals surface area contributed by atoms with Crippen LogP contribution in [-0.4, -0.2) is 20.9 Å². The van der Waals surface area contributed by atoms with Gasteiger partial charge in [0.15, 0.2) is 0 Å². The zero-order valence-corrected chi connectivity index (χ0v) is 9.08. The molecule has 2 aromatic rings. The normalized spacial score (nSPS) is 9.88. The molecule has 0 bridgehead atoms. The van der Waals surface area contributed by atoms with Crippen molar-refractivity contribution in [1.29, 1.82) is 5.26 Å². The van der Waals surface area contributed by atoms with Crippen LogP contribution in [0.5, 0.6) is 0 Å². The average Bonchev–Trinajstić information content (AvgIpc) is 2.71. The van der Waals surface area contributed by atoms with Gasteiger partial charge in [-0.3, -0.25) is 0 Å². The summed E-state index contributed by atoms with van der Waals surface area (Å²) in [6.07, 6.45) is 1.41. The summed E-state index contributed by atoms with van der Waals surface area (Å²) in [7, 11) is 0. The van der Waals surface area contributed by atoms with E-state index in [4.69, 9.17) is 10.4 Å². The molecule has 1 N–H and O–H groups in total. The second-order valence-corrected chi connectivity index (χ2v) is 3.51. The molecule has 5 heteroatoms. The van der Waals surface area contributed by atoms with Crippen molar-refractivity contribution in [3.63, 3.8) is 0 Å². The fourth-order valence-electron chi connectivity index (χ4n) is 1.56. The van der Waals surface area contributed by atoms with E-state index in [-0.39, 0.29) is 5.56 Å². The SMILES string of the molecule is Cc1nn(-c2ccccc2C#N)cc1C(=O)O. The van der Waals surface area contributed by atoms with Crippen molar-refractivity contribution in [2.24, 2.45) is 0 Å². The third-order valence-electron chi connectivity index (χ3n) is 2.40. The second kappa shape index (κ2) is 4.10. The van der Waals surface area contributed by atoms with Gasteiger partial charge in [0.25, 0.3) is 0 Å². The first-order valence-corrected chi connectivity index (χ1v) is 4.92. The third-order valence-corrected chi connectivity index (χ3v) is 2.40. The van der Waals surface area contributed by atoms with Crippen molar-refractivity contribution in [1.82, 2.24) is 9.78 Å². The number of nitrogens with zero attached hydrogens (tertiary/aromatic N) is 3. The van der Waals surface area contributed by atoms with Crippen LogP contribution in [0.15, 0.2) is 30.5 Å². The van der Waals surface area contributed by atoms with E-state index >= 15 is 0 Å².